The maximum atomic E-state index is 12.9. The fourth-order valence-corrected chi connectivity index (χ4v) is 4.59. The molecule has 0 radical (unpaired) electrons. The summed E-state index contributed by atoms with van der Waals surface area (Å²) in [5.74, 6) is 0.452. The van der Waals surface area contributed by atoms with Gasteiger partial charge in [-0.25, -0.2) is 4.79 Å². The van der Waals surface area contributed by atoms with Crippen LogP contribution in [-0.4, -0.2) is 48.4 Å². The third kappa shape index (κ3) is 6.28. The lowest BCUT2D eigenvalue weighted by Crippen LogP contribution is -2.36. The summed E-state index contributed by atoms with van der Waals surface area (Å²) in [6.45, 7) is 10.6. The average Bonchev–Trinajstić information content (AvgIpc) is 3.46. The van der Waals surface area contributed by atoms with Crippen LogP contribution in [-0.2, 0) is 20.7 Å². The van der Waals surface area contributed by atoms with Gasteiger partial charge in [0.1, 0.15) is 28.8 Å². The number of carbonyl (C=O) groups is 2. The van der Waals surface area contributed by atoms with E-state index in [-0.39, 0.29) is 24.8 Å². The van der Waals surface area contributed by atoms with E-state index >= 15 is 0 Å². The molecule has 8 nitrogen and oxygen atoms in total. The molecule has 1 amide bonds. The second kappa shape index (κ2) is 11.2. The van der Waals surface area contributed by atoms with E-state index in [0.29, 0.717) is 48.6 Å². The van der Waals surface area contributed by atoms with Crippen molar-refractivity contribution in [3.63, 3.8) is 0 Å². The topological polar surface area (TPSA) is 102 Å². The first-order valence-electron chi connectivity index (χ1n) is 12.9. The number of hydrogen-bond donors (Lipinski definition) is 0. The van der Waals surface area contributed by atoms with Crippen LogP contribution < -0.4 is 4.74 Å². The molecule has 1 saturated heterocycles. The minimum absolute atomic E-state index is 0.134. The Bertz CT molecular complexity index is 1350. The molecule has 2 heterocycles. The Hall–Kier alpha value is -3.99. The number of carbonyl (C=O) groups excluding carboxylic acids is 2. The lowest BCUT2D eigenvalue weighted by molar-refractivity contribution is -0.145. The highest BCUT2D eigenvalue weighted by Crippen LogP contribution is 2.32. The van der Waals surface area contributed by atoms with E-state index in [1.165, 1.54) is 0 Å². The molecule has 1 aromatic heterocycles. The Balaban J connectivity index is 1.47. The Labute approximate surface area is 223 Å². The quantitative estimate of drug-likeness (QED) is 0.359. The Kier molecular flexibility index (Phi) is 7.96. The van der Waals surface area contributed by atoms with Gasteiger partial charge in [-0.05, 0) is 76.1 Å². The number of esters is 1. The van der Waals surface area contributed by atoms with Gasteiger partial charge in [0.05, 0.1) is 30.7 Å². The Morgan fingerprint density at radius 1 is 1.18 bits per heavy atom. The molecule has 1 aliphatic heterocycles. The van der Waals surface area contributed by atoms with Gasteiger partial charge in [-0.2, -0.15) is 5.26 Å². The van der Waals surface area contributed by atoms with E-state index in [1.807, 2.05) is 52.0 Å². The second-order valence-corrected chi connectivity index (χ2v) is 10.5. The minimum atomic E-state index is -0.562. The van der Waals surface area contributed by atoms with Crippen LogP contribution >= 0.6 is 0 Å². The molecule has 0 N–H and O–H groups in total. The standard InChI is InChI=1S/C30H34N2O6/c1-6-35-28(33)25(16-27-19(2)24-15-20(17-31)7-12-26(24)37-27)21-8-10-22(11-9-21)36-23-13-14-32(18-23)29(34)38-30(3,4)5/h7-12,15,23,25H,6,13-14,16,18H2,1-5H3/t23-,25?/m0/s1. The molecule has 0 spiro atoms. The van der Waals surface area contributed by atoms with E-state index in [4.69, 9.17) is 18.6 Å². The van der Waals surface area contributed by atoms with Gasteiger partial charge in [0.2, 0.25) is 0 Å². The first-order valence-corrected chi connectivity index (χ1v) is 12.9. The van der Waals surface area contributed by atoms with Crippen LogP contribution in [0.3, 0.4) is 0 Å². The first kappa shape index (κ1) is 27.1. The third-order valence-electron chi connectivity index (χ3n) is 6.51. The van der Waals surface area contributed by atoms with Crippen molar-refractivity contribution in [2.75, 3.05) is 19.7 Å². The number of benzene rings is 2. The zero-order valence-corrected chi connectivity index (χ0v) is 22.6. The number of nitriles is 1. The highest BCUT2D eigenvalue weighted by Gasteiger charge is 2.31. The maximum absolute atomic E-state index is 12.9. The number of fused-ring (bicyclic) bond motifs is 1. The highest BCUT2D eigenvalue weighted by atomic mass is 16.6. The van der Waals surface area contributed by atoms with Crippen LogP contribution in [0, 0.1) is 18.3 Å². The molecule has 200 valence electrons. The van der Waals surface area contributed by atoms with Gasteiger partial charge in [0.15, 0.2) is 0 Å². The maximum Gasteiger partial charge on any atom is 0.410 e. The van der Waals surface area contributed by atoms with Crippen LogP contribution in [0.15, 0.2) is 46.9 Å². The number of ether oxygens (including phenoxy) is 3. The molecule has 2 atom stereocenters. The van der Waals surface area contributed by atoms with E-state index in [0.717, 1.165) is 16.5 Å². The van der Waals surface area contributed by atoms with Gasteiger partial charge in [-0.3, -0.25) is 4.79 Å². The second-order valence-electron chi connectivity index (χ2n) is 10.5. The van der Waals surface area contributed by atoms with Crippen molar-refractivity contribution in [3.05, 3.63) is 64.9 Å². The van der Waals surface area contributed by atoms with Crippen molar-refractivity contribution < 1.29 is 28.2 Å². The highest BCUT2D eigenvalue weighted by molar-refractivity contribution is 5.84. The summed E-state index contributed by atoms with van der Waals surface area (Å²) in [4.78, 5) is 27.0. The molecule has 2 aromatic carbocycles. The number of hydrogen-bond acceptors (Lipinski definition) is 7. The monoisotopic (exact) mass is 518 g/mol. The van der Waals surface area contributed by atoms with Crippen molar-refractivity contribution in [2.45, 2.75) is 65.1 Å². The Morgan fingerprint density at radius 2 is 1.92 bits per heavy atom. The van der Waals surface area contributed by atoms with E-state index in [1.54, 1.807) is 30.0 Å². The summed E-state index contributed by atoms with van der Waals surface area (Å²) in [6, 6.07) is 14.9. The molecule has 3 aromatic rings. The van der Waals surface area contributed by atoms with E-state index in [9.17, 15) is 14.9 Å². The molecule has 1 fully saturated rings. The summed E-state index contributed by atoms with van der Waals surface area (Å²) in [5, 5.41) is 10.1. The molecular weight excluding hydrogens is 484 g/mol. The lowest BCUT2D eigenvalue weighted by atomic mass is 9.93. The molecular formula is C30H34N2O6. The van der Waals surface area contributed by atoms with Gasteiger partial charge < -0.3 is 23.5 Å². The van der Waals surface area contributed by atoms with Gasteiger partial charge in [0, 0.05) is 24.8 Å². The predicted octanol–water partition coefficient (Wildman–Crippen LogP) is 5.89. The van der Waals surface area contributed by atoms with Crippen LogP contribution in [0.4, 0.5) is 4.79 Å². The summed E-state index contributed by atoms with van der Waals surface area (Å²) < 4.78 is 23.0. The van der Waals surface area contributed by atoms with Crippen molar-refractivity contribution in [3.8, 4) is 11.8 Å². The fraction of sp³-hybridized carbons (Fsp3) is 0.433. The summed E-state index contributed by atoms with van der Waals surface area (Å²) >= 11 is 0. The van der Waals surface area contributed by atoms with Crippen molar-refractivity contribution in [1.29, 1.82) is 5.26 Å². The van der Waals surface area contributed by atoms with Crippen LogP contribution in [0.2, 0.25) is 0 Å². The SMILES string of the molecule is CCOC(=O)C(Cc1oc2ccc(C#N)cc2c1C)c1ccc(O[C@H]2CCN(C(=O)OC(C)(C)C)C2)cc1. The first-order chi connectivity index (χ1) is 18.1. The number of likely N-dealkylation sites (tertiary alicyclic amines) is 1. The zero-order chi connectivity index (χ0) is 27.4. The van der Waals surface area contributed by atoms with Crippen molar-refractivity contribution in [1.82, 2.24) is 4.90 Å². The normalized spacial score (nSPS) is 16.2. The van der Waals surface area contributed by atoms with Gasteiger partial charge >= 0.3 is 12.1 Å². The predicted molar refractivity (Wildman–Crippen MR) is 142 cm³/mol. The lowest BCUT2D eigenvalue weighted by Gasteiger charge is -2.24. The molecule has 0 bridgehead atoms. The number of furan rings is 1. The number of amides is 1. The van der Waals surface area contributed by atoms with Crippen molar-refractivity contribution >= 4 is 23.0 Å². The molecule has 4 rings (SSSR count). The van der Waals surface area contributed by atoms with Gasteiger partial charge in [-0.1, -0.05) is 12.1 Å². The van der Waals surface area contributed by atoms with Crippen LogP contribution in [0.1, 0.15) is 62.5 Å². The fourth-order valence-electron chi connectivity index (χ4n) is 4.59. The molecule has 1 unspecified atom stereocenters. The van der Waals surface area contributed by atoms with Gasteiger partial charge in [0.25, 0.3) is 0 Å². The number of nitrogens with zero attached hydrogens (tertiary/aromatic N) is 2. The molecule has 0 aliphatic carbocycles. The Morgan fingerprint density at radius 3 is 2.58 bits per heavy atom. The molecule has 1 aliphatic rings. The largest absolute Gasteiger partial charge is 0.489 e. The van der Waals surface area contributed by atoms with E-state index < -0.39 is 11.5 Å². The summed E-state index contributed by atoms with van der Waals surface area (Å²) in [6.07, 6.45) is 0.576. The zero-order valence-electron chi connectivity index (χ0n) is 22.6. The summed E-state index contributed by atoms with van der Waals surface area (Å²) in [5.41, 5.74) is 2.39. The molecule has 38 heavy (non-hydrogen) atoms. The molecule has 0 saturated carbocycles. The van der Waals surface area contributed by atoms with E-state index in [2.05, 4.69) is 6.07 Å². The average molecular weight is 519 g/mol. The molecule has 8 heteroatoms. The third-order valence-corrected chi connectivity index (χ3v) is 6.51. The van der Waals surface area contributed by atoms with Gasteiger partial charge in [-0.15, -0.1) is 0 Å². The number of rotatable bonds is 7. The minimum Gasteiger partial charge on any atom is -0.489 e. The van der Waals surface area contributed by atoms with Crippen molar-refractivity contribution in [2.24, 2.45) is 0 Å². The smallest absolute Gasteiger partial charge is 0.410 e. The number of aryl methyl sites for hydroxylation is 1. The van der Waals surface area contributed by atoms with Crippen LogP contribution in [0.5, 0.6) is 5.75 Å². The summed E-state index contributed by atoms with van der Waals surface area (Å²) in [7, 11) is 0. The van der Waals surface area contributed by atoms with Crippen LogP contribution in [0.25, 0.3) is 11.0 Å².